The van der Waals surface area contributed by atoms with Gasteiger partial charge in [0.05, 0.1) is 5.75 Å². The molecule has 0 fully saturated rings. The summed E-state index contributed by atoms with van der Waals surface area (Å²) in [5.41, 5.74) is 1.71. The zero-order chi connectivity index (χ0) is 14.7. The third kappa shape index (κ3) is 3.52. The van der Waals surface area contributed by atoms with E-state index in [0.717, 1.165) is 22.2 Å². The minimum atomic E-state index is -0.0823. The fraction of sp³-hybridized carbons (Fsp3) is 0.308. The molecule has 106 valence electrons. The molecular formula is C13H15ClN4OS. The highest BCUT2D eigenvalue weighted by molar-refractivity contribution is 7.99. The number of rotatable bonds is 4. The Hall–Kier alpha value is -1.53. The number of nitrogens with one attached hydrogen (secondary N) is 1. The lowest BCUT2D eigenvalue weighted by molar-refractivity contribution is -0.113. The second-order valence-corrected chi connectivity index (χ2v) is 5.76. The summed E-state index contributed by atoms with van der Waals surface area (Å²) in [6, 6.07) is 5.37. The summed E-state index contributed by atoms with van der Waals surface area (Å²) < 4.78 is 1.85. The second-order valence-electron chi connectivity index (χ2n) is 4.38. The number of nitrogens with zero attached hydrogens (tertiary/aromatic N) is 3. The molecule has 1 amide bonds. The molecule has 5 nitrogen and oxygen atoms in total. The van der Waals surface area contributed by atoms with Crippen LogP contribution in [0.2, 0.25) is 5.02 Å². The molecule has 0 aliphatic carbocycles. The molecule has 2 rings (SSSR count). The average Bonchev–Trinajstić information content (AvgIpc) is 2.71. The van der Waals surface area contributed by atoms with Crippen molar-refractivity contribution in [2.45, 2.75) is 19.0 Å². The van der Waals surface area contributed by atoms with Crippen LogP contribution >= 0.6 is 23.4 Å². The summed E-state index contributed by atoms with van der Waals surface area (Å²) in [5, 5.41) is 12.2. The van der Waals surface area contributed by atoms with E-state index in [4.69, 9.17) is 11.6 Å². The minimum absolute atomic E-state index is 0.0823. The highest BCUT2D eigenvalue weighted by atomic mass is 35.5. The number of aromatic nitrogens is 3. The van der Waals surface area contributed by atoms with Crippen molar-refractivity contribution in [1.82, 2.24) is 14.8 Å². The van der Waals surface area contributed by atoms with Gasteiger partial charge >= 0.3 is 0 Å². The number of anilines is 1. The van der Waals surface area contributed by atoms with Crippen LogP contribution in [0.15, 0.2) is 23.4 Å². The minimum Gasteiger partial charge on any atom is -0.325 e. The van der Waals surface area contributed by atoms with Crippen molar-refractivity contribution < 1.29 is 4.79 Å². The SMILES string of the molecule is Cc1cc(Cl)ccc1NC(=O)CSc1nnc(C)n1C. The normalized spacial score (nSPS) is 10.6. The quantitative estimate of drug-likeness (QED) is 0.882. The predicted molar refractivity (Wildman–Crippen MR) is 81.3 cm³/mol. The predicted octanol–water partition coefficient (Wildman–Crippen LogP) is 2.82. The van der Waals surface area contributed by atoms with E-state index in [0.29, 0.717) is 5.02 Å². The van der Waals surface area contributed by atoms with Crippen LogP contribution in [-0.4, -0.2) is 26.4 Å². The van der Waals surface area contributed by atoms with Gasteiger partial charge in [-0.1, -0.05) is 23.4 Å². The molecule has 7 heteroatoms. The fourth-order valence-electron chi connectivity index (χ4n) is 1.60. The molecular weight excluding hydrogens is 296 g/mol. The van der Waals surface area contributed by atoms with Crippen LogP contribution in [-0.2, 0) is 11.8 Å². The number of benzene rings is 1. The van der Waals surface area contributed by atoms with Crippen LogP contribution < -0.4 is 5.32 Å². The van der Waals surface area contributed by atoms with Crippen molar-refractivity contribution in [1.29, 1.82) is 0 Å². The molecule has 0 aliphatic rings. The smallest absolute Gasteiger partial charge is 0.234 e. The van der Waals surface area contributed by atoms with Gasteiger partial charge in [0.15, 0.2) is 5.16 Å². The van der Waals surface area contributed by atoms with Gasteiger partial charge in [-0.05, 0) is 37.6 Å². The van der Waals surface area contributed by atoms with Gasteiger partial charge < -0.3 is 9.88 Å². The first-order valence-electron chi connectivity index (χ1n) is 6.02. The van der Waals surface area contributed by atoms with E-state index >= 15 is 0 Å². The molecule has 1 aromatic carbocycles. The van der Waals surface area contributed by atoms with Crippen LogP contribution in [0.1, 0.15) is 11.4 Å². The number of halogens is 1. The Bertz CT molecular complexity index is 641. The maximum Gasteiger partial charge on any atom is 0.234 e. The molecule has 0 atom stereocenters. The zero-order valence-electron chi connectivity index (χ0n) is 11.5. The first-order chi connectivity index (χ1) is 9.47. The average molecular weight is 311 g/mol. The first kappa shape index (κ1) is 14.9. The van der Waals surface area contributed by atoms with E-state index in [-0.39, 0.29) is 11.7 Å². The maximum atomic E-state index is 11.9. The van der Waals surface area contributed by atoms with Crippen molar-refractivity contribution in [2.24, 2.45) is 7.05 Å². The summed E-state index contributed by atoms with van der Waals surface area (Å²) in [4.78, 5) is 11.9. The molecule has 0 spiro atoms. The van der Waals surface area contributed by atoms with Crippen molar-refractivity contribution in [3.8, 4) is 0 Å². The second kappa shape index (κ2) is 6.28. The molecule has 2 aromatic rings. The molecule has 0 saturated heterocycles. The molecule has 0 aliphatic heterocycles. The summed E-state index contributed by atoms with van der Waals surface area (Å²) in [5.74, 6) is 1.02. The lowest BCUT2D eigenvalue weighted by Crippen LogP contribution is -2.15. The van der Waals surface area contributed by atoms with Crippen molar-refractivity contribution in [3.63, 3.8) is 0 Å². The Balaban J connectivity index is 1.94. The molecule has 1 heterocycles. The summed E-state index contributed by atoms with van der Waals surface area (Å²) in [7, 11) is 1.87. The first-order valence-corrected chi connectivity index (χ1v) is 7.38. The number of aryl methyl sites for hydroxylation is 2. The number of carbonyl (C=O) groups is 1. The van der Waals surface area contributed by atoms with Gasteiger partial charge in [0.25, 0.3) is 0 Å². The Morgan fingerprint density at radius 2 is 2.15 bits per heavy atom. The van der Waals surface area contributed by atoms with Crippen LogP contribution in [0.5, 0.6) is 0 Å². The number of thioether (sulfide) groups is 1. The zero-order valence-corrected chi connectivity index (χ0v) is 13.0. The Morgan fingerprint density at radius 3 is 2.75 bits per heavy atom. The van der Waals surface area contributed by atoms with Crippen LogP contribution in [0.3, 0.4) is 0 Å². The lowest BCUT2D eigenvalue weighted by Gasteiger charge is -2.08. The van der Waals surface area contributed by atoms with Gasteiger partial charge in [-0.15, -0.1) is 10.2 Å². The van der Waals surface area contributed by atoms with Crippen LogP contribution in [0.4, 0.5) is 5.69 Å². The number of carbonyl (C=O) groups excluding carboxylic acids is 1. The lowest BCUT2D eigenvalue weighted by atomic mass is 10.2. The van der Waals surface area contributed by atoms with Crippen LogP contribution in [0, 0.1) is 13.8 Å². The summed E-state index contributed by atoms with van der Waals surface area (Å²) in [6.45, 7) is 3.77. The van der Waals surface area contributed by atoms with Gasteiger partial charge in [-0.25, -0.2) is 0 Å². The van der Waals surface area contributed by atoms with E-state index in [1.165, 1.54) is 11.8 Å². The number of hydrogen-bond donors (Lipinski definition) is 1. The topological polar surface area (TPSA) is 59.8 Å². The molecule has 1 aromatic heterocycles. The van der Waals surface area contributed by atoms with Crippen molar-refractivity contribution in [3.05, 3.63) is 34.6 Å². The summed E-state index contributed by atoms with van der Waals surface area (Å²) in [6.07, 6.45) is 0. The monoisotopic (exact) mass is 310 g/mol. The van der Waals surface area contributed by atoms with E-state index in [9.17, 15) is 4.79 Å². The van der Waals surface area contributed by atoms with E-state index in [1.54, 1.807) is 12.1 Å². The molecule has 0 bridgehead atoms. The molecule has 0 saturated carbocycles. The Morgan fingerprint density at radius 1 is 1.40 bits per heavy atom. The summed E-state index contributed by atoms with van der Waals surface area (Å²) >= 11 is 7.24. The molecule has 0 unspecified atom stereocenters. The Labute approximate surface area is 126 Å². The van der Waals surface area contributed by atoms with Gasteiger partial charge in [-0.2, -0.15) is 0 Å². The number of amides is 1. The standard InChI is InChI=1S/C13H15ClN4OS/c1-8-6-10(14)4-5-11(8)15-12(19)7-20-13-17-16-9(2)18(13)3/h4-6H,7H2,1-3H3,(H,15,19). The fourth-order valence-corrected chi connectivity index (χ4v) is 2.58. The van der Waals surface area contributed by atoms with E-state index in [2.05, 4.69) is 15.5 Å². The maximum absolute atomic E-state index is 11.9. The molecule has 20 heavy (non-hydrogen) atoms. The Kier molecular flexibility index (Phi) is 4.67. The largest absolute Gasteiger partial charge is 0.325 e. The highest BCUT2D eigenvalue weighted by Crippen LogP contribution is 2.20. The van der Waals surface area contributed by atoms with E-state index in [1.807, 2.05) is 31.5 Å². The van der Waals surface area contributed by atoms with E-state index < -0.39 is 0 Å². The highest BCUT2D eigenvalue weighted by Gasteiger charge is 2.10. The molecule has 0 radical (unpaired) electrons. The third-order valence-electron chi connectivity index (χ3n) is 2.85. The molecule has 1 N–H and O–H groups in total. The van der Waals surface area contributed by atoms with Crippen molar-refractivity contribution >= 4 is 35.0 Å². The van der Waals surface area contributed by atoms with Gasteiger partial charge in [0.2, 0.25) is 5.91 Å². The van der Waals surface area contributed by atoms with Gasteiger partial charge in [0, 0.05) is 17.8 Å². The van der Waals surface area contributed by atoms with Crippen molar-refractivity contribution in [2.75, 3.05) is 11.1 Å². The number of hydrogen-bond acceptors (Lipinski definition) is 4. The van der Waals surface area contributed by atoms with Crippen LogP contribution in [0.25, 0.3) is 0 Å². The van der Waals surface area contributed by atoms with Gasteiger partial charge in [0.1, 0.15) is 5.82 Å². The van der Waals surface area contributed by atoms with Gasteiger partial charge in [-0.3, -0.25) is 4.79 Å². The third-order valence-corrected chi connectivity index (χ3v) is 4.10.